The quantitative estimate of drug-likeness (QED) is 0.479. The highest BCUT2D eigenvalue weighted by molar-refractivity contribution is 5.89. The first kappa shape index (κ1) is 28.2. The molecular formula is C29H37N5O5. The Morgan fingerprint density at radius 1 is 1.05 bits per heavy atom. The van der Waals surface area contributed by atoms with Crippen molar-refractivity contribution in [3.05, 3.63) is 47.8 Å². The number of carbonyl (C=O) groups is 4. The number of pyridine rings is 1. The van der Waals surface area contributed by atoms with E-state index < -0.39 is 30.2 Å². The van der Waals surface area contributed by atoms with E-state index in [1.807, 2.05) is 45.0 Å². The van der Waals surface area contributed by atoms with Crippen molar-refractivity contribution in [1.29, 1.82) is 0 Å². The fraction of sp³-hybridized carbons (Fsp3) is 0.483. The molecule has 2 aliphatic rings. The van der Waals surface area contributed by atoms with Gasteiger partial charge in [0.15, 0.2) is 0 Å². The second-order valence-corrected chi connectivity index (χ2v) is 10.7. The third-order valence-corrected chi connectivity index (χ3v) is 7.03. The Morgan fingerprint density at radius 2 is 1.85 bits per heavy atom. The number of carbonyl (C=O) groups excluding carboxylic acids is 4. The highest BCUT2D eigenvalue weighted by Gasteiger charge is 2.31. The van der Waals surface area contributed by atoms with Gasteiger partial charge in [0, 0.05) is 37.0 Å². The van der Waals surface area contributed by atoms with Gasteiger partial charge in [0.25, 0.3) is 0 Å². The summed E-state index contributed by atoms with van der Waals surface area (Å²) in [5, 5.41) is 8.96. The van der Waals surface area contributed by atoms with Crippen molar-refractivity contribution < 1.29 is 23.9 Å². The van der Waals surface area contributed by atoms with Crippen molar-refractivity contribution in [2.45, 2.75) is 77.6 Å². The van der Waals surface area contributed by atoms with Gasteiger partial charge in [-0.2, -0.15) is 0 Å². The number of amides is 3. The van der Waals surface area contributed by atoms with E-state index in [1.54, 1.807) is 25.3 Å². The van der Waals surface area contributed by atoms with Crippen LogP contribution >= 0.6 is 0 Å². The van der Waals surface area contributed by atoms with E-state index in [0.29, 0.717) is 25.1 Å². The lowest BCUT2D eigenvalue weighted by molar-refractivity contribution is -0.156. The zero-order valence-electron chi connectivity index (χ0n) is 22.9. The number of aromatic nitrogens is 1. The molecule has 1 aromatic heterocycles. The summed E-state index contributed by atoms with van der Waals surface area (Å²) in [6.45, 7) is 7.72. The third kappa shape index (κ3) is 7.20. The summed E-state index contributed by atoms with van der Waals surface area (Å²) in [6.07, 6.45) is 6.06. The summed E-state index contributed by atoms with van der Waals surface area (Å²) in [7, 11) is 0. The lowest BCUT2D eigenvalue weighted by Crippen LogP contribution is -2.57. The van der Waals surface area contributed by atoms with Crippen LogP contribution in [0.2, 0.25) is 0 Å². The fourth-order valence-corrected chi connectivity index (χ4v) is 4.79. The topological polar surface area (TPSA) is 130 Å². The van der Waals surface area contributed by atoms with Crippen LogP contribution in [0.5, 0.6) is 0 Å². The second-order valence-electron chi connectivity index (χ2n) is 10.7. The first-order chi connectivity index (χ1) is 18.6. The molecule has 2 aliphatic heterocycles. The van der Waals surface area contributed by atoms with Crippen molar-refractivity contribution in [1.82, 2.24) is 26.1 Å². The molecule has 2 aromatic rings. The van der Waals surface area contributed by atoms with Crippen molar-refractivity contribution in [3.63, 3.8) is 0 Å². The molecule has 10 heteroatoms. The van der Waals surface area contributed by atoms with E-state index >= 15 is 0 Å². The smallest absolute Gasteiger partial charge is 0.325 e. The molecule has 39 heavy (non-hydrogen) atoms. The van der Waals surface area contributed by atoms with Gasteiger partial charge in [0.2, 0.25) is 17.7 Å². The molecule has 4 atom stereocenters. The zero-order valence-corrected chi connectivity index (χ0v) is 22.9. The standard InChI is InChI=1S/C29H37N5O5/c1-17(2)27-28(37)31-18(3)13-26(36)34-12-6-8-24(33-34)29(38)39-19(4)20-10-11-21-16-30-23(15-22(21)14-20)7-5-9-25(35)32-27/h5,7,10-11,14-19,24,27,33H,6,8-9,12-13H2,1-4H3,(H,31,37)(H,32,35). The van der Waals surface area contributed by atoms with E-state index in [1.165, 1.54) is 5.01 Å². The van der Waals surface area contributed by atoms with Gasteiger partial charge in [-0.1, -0.05) is 32.1 Å². The van der Waals surface area contributed by atoms with Crippen LogP contribution in [0.4, 0.5) is 0 Å². The third-order valence-electron chi connectivity index (χ3n) is 7.03. The van der Waals surface area contributed by atoms with E-state index in [4.69, 9.17) is 4.74 Å². The Bertz CT molecular complexity index is 1280. The molecule has 3 heterocycles. The summed E-state index contributed by atoms with van der Waals surface area (Å²) in [4.78, 5) is 56.0. The normalized spacial score (nSPS) is 25.7. The van der Waals surface area contributed by atoms with Gasteiger partial charge < -0.3 is 15.4 Å². The maximum atomic E-state index is 13.0. The first-order valence-corrected chi connectivity index (χ1v) is 13.5. The van der Waals surface area contributed by atoms with Crippen LogP contribution in [0.15, 0.2) is 36.5 Å². The number of nitrogens with one attached hydrogen (secondary N) is 3. The highest BCUT2D eigenvalue weighted by Crippen LogP contribution is 2.24. The van der Waals surface area contributed by atoms with Gasteiger partial charge in [-0.05, 0) is 61.8 Å². The van der Waals surface area contributed by atoms with Crippen LogP contribution in [-0.4, -0.2) is 58.4 Å². The minimum absolute atomic E-state index is 0.0448. The Labute approximate surface area is 228 Å². The Kier molecular flexibility index (Phi) is 8.96. The van der Waals surface area contributed by atoms with Crippen LogP contribution in [0.1, 0.15) is 70.7 Å². The lowest BCUT2D eigenvalue weighted by atomic mass is 10.0. The number of cyclic esters (lactones) is 1. The van der Waals surface area contributed by atoms with Crippen LogP contribution in [0, 0.1) is 5.92 Å². The molecule has 5 bridgehead atoms. The van der Waals surface area contributed by atoms with Crippen molar-refractivity contribution in [2.75, 3.05) is 6.54 Å². The summed E-state index contributed by atoms with van der Waals surface area (Å²) in [6, 6.07) is 5.85. The van der Waals surface area contributed by atoms with Crippen LogP contribution in [0.3, 0.4) is 0 Å². The molecule has 0 saturated carbocycles. The van der Waals surface area contributed by atoms with Gasteiger partial charge in [0.05, 0.1) is 5.69 Å². The SMILES string of the molecule is CC1CC(=O)N2CCCC(N2)C(=O)OC(C)c2ccc3cnc(cc3c2)C=CCC(=O)NC(C(C)C)C(=O)N1. The van der Waals surface area contributed by atoms with Crippen molar-refractivity contribution >= 4 is 40.5 Å². The maximum absolute atomic E-state index is 13.0. The molecule has 1 aromatic carbocycles. The summed E-state index contributed by atoms with van der Waals surface area (Å²) in [5.41, 5.74) is 4.53. The molecule has 4 rings (SSSR count). The zero-order chi connectivity index (χ0) is 28.1. The molecule has 0 radical (unpaired) electrons. The van der Waals surface area contributed by atoms with E-state index in [-0.39, 0.29) is 36.5 Å². The van der Waals surface area contributed by atoms with E-state index in [2.05, 4.69) is 21.0 Å². The predicted octanol–water partition coefficient (Wildman–Crippen LogP) is 2.79. The summed E-state index contributed by atoms with van der Waals surface area (Å²) in [5.74, 6) is -1.44. The molecule has 208 valence electrons. The second kappa shape index (κ2) is 12.4. The van der Waals surface area contributed by atoms with E-state index in [0.717, 1.165) is 16.3 Å². The molecule has 1 fully saturated rings. The van der Waals surface area contributed by atoms with Gasteiger partial charge in [-0.3, -0.25) is 29.2 Å². The number of rotatable bonds is 1. The van der Waals surface area contributed by atoms with Gasteiger partial charge in [-0.25, -0.2) is 5.43 Å². The molecule has 10 nitrogen and oxygen atoms in total. The largest absolute Gasteiger partial charge is 0.457 e. The van der Waals surface area contributed by atoms with Gasteiger partial charge >= 0.3 is 5.97 Å². The van der Waals surface area contributed by atoms with Gasteiger partial charge in [0.1, 0.15) is 18.2 Å². The molecule has 3 amide bonds. The minimum Gasteiger partial charge on any atom is -0.457 e. The number of ether oxygens (including phenoxy) is 1. The Balaban J connectivity index is 1.61. The fourth-order valence-electron chi connectivity index (χ4n) is 4.79. The first-order valence-electron chi connectivity index (χ1n) is 13.5. The monoisotopic (exact) mass is 535 g/mol. The average molecular weight is 536 g/mol. The lowest BCUT2D eigenvalue weighted by Gasteiger charge is -2.34. The summed E-state index contributed by atoms with van der Waals surface area (Å²) >= 11 is 0. The van der Waals surface area contributed by atoms with Crippen LogP contribution in [0.25, 0.3) is 16.8 Å². The Morgan fingerprint density at radius 3 is 2.62 bits per heavy atom. The number of hydrogen-bond acceptors (Lipinski definition) is 7. The molecule has 0 aliphatic carbocycles. The number of nitrogens with zero attached hydrogens (tertiary/aromatic N) is 2. The number of benzene rings is 1. The van der Waals surface area contributed by atoms with Crippen molar-refractivity contribution in [3.8, 4) is 0 Å². The van der Waals surface area contributed by atoms with Crippen LogP contribution < -0.4 is 16.1 Å². The number of esters is 1. The maximum Gasteiger partial charge on any atom is 0.325 e. The summed E-state index contributed by atoms with van der Waals surface area (Å²) < 4.78 is 5.78. The molecule has 4 unspecified atom stereocenters. The number of hydrazine groups is 1. The van der Waals surface area contributed by atoms with Crippen LogP contribution in [-0.2, 0) is 23.9 Å². The molecule has 1 saturated heterocycles. The molecule has 0 spiro atoms. The molecular weight excluding hydrogens is 498 g/mol. The Hall–Kier alpha value is -3.79. The molecule has 3 N–H and O–H groups in total. The van der Waals surface area contributed by atoms with Gasteiger partial charge in [-0.15, -0.1) is 0 Å². The highest BCUT2D eigenvalue weighted by atomic mass is 16.5. The average Bonchev–Trinajstić information content (AvgIpc) is 2.90. The predicted molar refractivity (Wildman–Crippen MR) is 147 cm³/mol. The number of hydrogen-bond donors (Lipinski definition) is 3. The number of fused-ring (bicyclic) bond motifs is 4. The minimum atomic E-state index is -0.743. The van der Waals surface area contributed by atoms with Crippen molar-refractivity contribution in [2.24, 2.45) is 5.92 Å². The van der Waals surface area contributed by atoms with E-state index in [9.17, 15) is 19.2 Å².